The Labute approximate surface area is 186 Å². The van der Waals surface area contributed by atoms with Crippen LogP contribution in [0.15, 0.2) is 103 Å². The van der Waals surface area contributed by atoms with Crippen LogP contribution in [0.2, 0.25) is 0 Å². The van der Waals surface area contributed by atoms with E-state index in [4.69, 9.17) is 4.74 Å². The van der Waals surface area contributed by atoms with Crippen LogP contribution in [0.3, 0.4) is 0 Å². The van der Waals surface area contributed by atoms with Gasteiger partial charge in [-0.15, -0.1) is 0 Å². The van der Waals surface area contributed by atoms with Crippen LogP contribution < -0.4 is 15.4 Å². The highest BCUT2D eigenvalue weighted by Gasteiger charge is 2.05. The molecular weight excluding hydrogens is 400 g/mol. The highest BCUT2D eigenvalue weighted by Crippen LogP contribution is 2.25. The van der Waals surface area contributed by atoms with Gasteiger partial charge in [-0.1, -0.05) is 36.4 Å². The number of nitrogens with zero attached hydrogens (tertiary/aromatic N) is 2. The molecule has 0 radical (unpaired) electrons. The number of allylic oxidation sites excluding steroid dienone is 2. The zero-order chi connectivity index (χ0) is 22.2. The Balaban J connectivity index is 1.42. The molecule has 0 bridgehead atoms. The maximum absolute atomic E-state index is 12.1. The second kappa shape index (κ2) is 10.0. The zero-order valence-corrected chi connectivity index (χ0v) is 17.5. The van der Waals surface area contributed by atoms with Gasteiger partial charge in [0.15, 0.2) is 5.78 Å². The fourth-order valence-corrected chi connectivity index (χ4v) is 3.02. The number of benzene rings is 3. The number of ketones is 1. The lowest BCUT2D eigenvalue weighted by atomic mass is 10.1. The van der Waals surface area contributed by atoms with E-state index in [9.17, 15) is 4.79 Å². The summed E-state index contributed by atoms with van der Waals surface area (Å²) in [7, 11) is 0. The fourth-order valence-electron chi connectivity index (χ4n) is 3.02. The smallest absolute Gasteiger partial charge is 0.185 e. The second-order valence-corrected chi connectivity index (χ2v) is 6.92. The molecule has 0 aliphatic heterocycles. The van der Waals surface area contributed by atoms with Gasteiger partial charge in [-0.25, -0.2) is 9.97 Å². The van der Waals surface area contributed by atoms with Crippen LogP contribution >= 0.6 is 0 Å². The molecule has 0 saturated carbocycles. The lowest BCUT2D eigenvalue weighted by Gasteiger charge is -2.10. The number of anilines is 4. The van der Waals surface area contributed by atoms with Crippen molar-refractivity contribution in [3.8, 4) is 11.5 Å². The average Bonchev–Trinajstić information content (AvgIpc) is 2.82. The third-order valence-corrected chi connectivity index (χ3v) is 4.51. The third-order valence-electron chi connectivity index (χ3n) is 4.51. The normalized spacial score (nSPS) is 10.7. The van der Waals surface area contributed by atoms with Gasteiger partial charge in [0.1, 0.15) is 29.5 Å². The average molecular weight is 422 g/mol. The molecule has 0 amide bonds. The minimum Gasteiger partial charge on any atom is -0.457 e. The number of aromatic nitrogens is 2. The van der Waals surface area contributed by atoms with E-state index in [0.717, 1.165) is 22.9 Å². The first-order valence-electron chi connectivity index (χ1n) is 10.2. The van der Waals surface area contributed by atoms with Crippen molar-refractivity contribution in [1.82, 2.24) is 9.97 Å². The SMILES string of the molecule is C/C=C\C(=O)c1cccc(Nc2cc(Nc3ccc(Oc4ccccc4)cc3)ncn2)c1. The van der Waals surface area contributed by atoms with Gasteiger partial charge >= 0.3 is 0 Å². The fraction of sp³-hybridized carbons (Fsp3) is 0.0385. The lowest BCUT2D eigenvalue weighted by molar-refractivity contribution is 0.104. The Morgan fingerprint density at radius 3 is 2.19 bits per heavy atom. The lowest BCUT2D eigenvalue weighted by Crippen LogP contribution is -2.00. The number of hydrogen-bond acceptors (Lipinski definition) is 6. The van der Waals surface area contributed by atoms with Crippen molar-refractivity contribution in [2.75, 3.05) is 10.6 Å². The van der Waals surface area contributed by atoms with Gasteiger partial charge < -0.3 is 15.4 Å². The number of rotatable bonds is 8. The van der Waals surface area contributed by atoms with Gasteiger partial charge in [0, 0.05) is 23.0 Å². The first-order valence-corrected chi connectivity index (χ1v) is 10.2. The Bertz CT molecular complexity index is 1220. The van der Waals surface area contributed by atoms with Crippen molar-refractivity contribution in [3.63, 3.8) is 0 Å². The van der Waals surface area contributed by atoms with E-state index in [1.165, 1.54) is 6.33 Å². The van der Waals surface area contributed by atoms with E-state index in [1.807, 2.05) is 73.7 Å². The molecule has 0 fully saturated rings. The minimum atomic E-state index is -0.0408. The molecule has 32 heavy (non-hydrogen) atoms. The summed E-state index contributed by atoms with van der Waals surface area (Å²) in [5.41, 5.74) is 2.25. The Hall–Kier alpha value is -4.45. The summed E-state index contributed by atoms with van der Waals surface area (Å²) in [6.07, 6.45) is 4.75. The summed E-state index contributed by atoms with van der Waals surface area (Å²) in [5.74, 6) is 2.75. The van der Waals surface area contributed by atoms with Crippen LogP contribution in [0, 0.1) is 0 Å². The maximum Gasteiger partial charge on any atom is 0.185 e. The van der Waals surface area contributed by atoms with Gasteiger partial charge in [-0.3, -0.25) is 4.79 Å². The molecule has 6 heteroatoms. The first kappa shape index (κ1) is 20.8. The zero-order valence-electron chi connectivity index (χ0n) is 17.5. The molecule has 4 rings (SSSR count). The maximum atomic E-state index is 12.1. The topological polar surface area (TPSA) is 76.1 Å². The van der Waals surface area contributed by atoms with Crippen LogP contribution in [0.1, 0.15) is 17.3 Å². The van der Waals surface area contributed by atoms with E-state index < -0.39 is 0 Å². The predicted octanol–water partition coefficient (Wildman–Crippen LogP) is 6.51. The Morgan fingerprint density at radius 1 is 0.781 bits per heavy atom. The molecule has 0 spiro atoms. The van der Waals surface area contributed by atoms with Gasteiger partial charge in [0.25, 0.3) is 0 Å². The molecule has 0 aliphatic rings. The molecule has 0 aliphatic carbocycles. The molecule has 2 N–H and O–H groups in total. The van der Waals surface area contributed by atoms with E-state index in [2.05, 4.69) is 20.6 Å². The summed E-state index contributed by atoms with van der Waals surface area (Å²) >= 11 is 0. The van der Waals surface area contributed by atoms with E-state index in [-0.39, 0.29) is 5.78 Å². The van der Waals surface area contributed by atoms with Gasteiger partial charge in [0.05, 0.1) is 0 Å². The summed E-state index contributed by atoms with van der Waals surface area (Å²) in [6, 6.07) is 26.4. The van der Waals surface area contributed by atoms with Gasteiger partial charge in [0.2, 0.25) is 0 Å². The molecule has 1 aromatic heterocycles. The van der Waals surface area contributed by atoms with Crippen molar-refractivity contribution in [2.45, 2.75) is 6.92 Å². The number of carbonyl (C=O) groups excluding carboxylic acids is 1. The molecule has 3 aromatic carbocycles. The molecule has 0 unspecified atom stereocenters. The third kappa shape index (κ3) is 5.58. The predicted molar refractivity (Wildman–Crippen MR) is 127 cm³/mol. The summed E-state index contributed by atoms with van der Waals surface area (Å²) in [4.78, 5) is 20.6. The monoisotopic (exact) mass is 422 g/mol. The Kier molecular flexibility index (Phi) is 6.53. The number of nitrogens with one attached hydrogen (secondary N) is 2. The molecule has 0 saturated heterocycles. The van der Waals surface area contributed by atoms with Gasteiger partial charge in [-0.05, 0) is 61.5 Å². The van der Waals surface area contributed by atoms with E-state index in [0.29, 0.717) is 17.2 Å². The molecule has 6 nitrogen and oxygen atoms in total. The van der Waals surface area contributed by atoms with Crippen LogP contribution in [-0.2, 0) is 0 Å². The molecule has 1 heterocycles. The number of para-hydroxylation sites is 1. The number of hydrogen-bond donors (Lipinski definition) is 2. The first-order chi connectivity index (χ1) is 15.7. The highest BCUT2D eigenvalue weighted by molar-refractivity contribution is 6.05. The quantitative estimate of drug-likeness (QED) is 0.249. The van der Waals surface area contributed by atoms with Crippen LogP contribution in [0.25, 0.3) is 0 Å². The molecule has 158 valence electrons. The van der Waals surface area contributed by atoms with Gasteiger partial charge in [-0.2, -0.15) is 0 Å². The summed E-state index contributed by atoms with van der Waals surface area (Å²) < 4.78 is 5.82. The Morgan fingerprint density at radius 2 is 1.47 bits per heavy atom. The van der Waals surface area contributed by atoms with Crippen LogP contribution in [0.4, 0.5) is 23.0 Å². The highest BCUT2D eigenvalue weighted by atomic mass is 16.5. The second-order valence-electron chi connectivity index (χ2n) is 6.92. The molecular formula is C26H22N4O2. The summed E-state index contributed by atoms with van der Waals surface area (Å²) in [5, 5.41) is 6.47. The molecule has 4 aromatic rings. The van der Waals surface area contributed by atoms with E-state index in [1.54, 1.807) is 30.4 Å². The van der Waals surface area contributed by atoms with Crippen molar-refractivity contribution in [2.24, 2.45) is 0 Å². The van der Waals surface area contributed by atoms with Crippen LogP contribution in [0.5, 0.6) is 11.5 Å². The van der Waals surface area contributed by atoms with Crippen molar-refractivity contribution < 1.29 is 9.53 Å². The molecule has 0 atom stereocenters. The van der Waals surface area contributed by atoms with Crippen molar-refractivity contribution in [1.29, 1.82) is 0 Å². The van der Waals surface area contributed by atoms with Crippen LogP contribution in [-0.4, -0.2) is 15.8 Å². The minimum absolute atomic E-state index is 0.0408. The summed E-state index contributed by atoms with van der Waals surface area (Å²) in [6.45, 7) is 1.82. The van der Waals surface area contributed by atoms with Crippen molar-refractivity contribution >= 4 is 28.8 Å². The van der Waals surface area contributed by atoms with E-state index >= 15 is 0 Å². The standard InChI is InChI=1S/C26H22N4O2/c1-2-7-24(31)19-8-6-9-21(16-19)30-26-17-25(27-18-28-26)29-20-12-14-23(15-13-20)32-22-10-4-3-5-11-22/h2-18H,1H3,(H2,27,28,29,30)/b7-2-. The number of carbonyl (C=O) groups is 1. The van der Waals surface area contributed by atoms with Crippen molar-refractivity contribution in [3.05, 3.63) is 109 Å². The number of ether oxygens (including phenoxy) is 1. The largest absolute Gasteiger partial charge is 0.457 e.